The van der Waals surface area contributed by atoms with E-state index in [1.54, 1.807) is 0 Å². The number of nitrogens with one attached hydrogen (secondary N) is 1. The van der Waals surface area contributed by atoms with E-state index in [1.807, 2.05) is 0 Å². The van der Waals surface area contributed by atoms with Gasteiger partial charge in [-0.05, 0) is 37.6 Å². The molecule has 0 radical (unpaired) electrons. The number of Topliss-reactive ketones (excluding diaryl/α,β-unsaturated/α-hetero) is 1. The highest BCUT2D eigenvalue weighted by molar-refractivity contribution is 6.00. The molecule has 20 heavy (non-hydrogen) atoms. The Morgan fingerprint density at radius 3 is 2.70 bits per heavy atom. The molecule has 1 aromatic rings. The molecule has 1 N–H and O–H groups in total. The number of halogens is 3. The van der Waals surface area contributed by atoms with Crippen molar-refractivity contribution in [3.8, 4) is 5.75 Å². The first-order valence-electron chi connectivity index (χ1n) is 6.43. The van der Waals surface area contributed by atoms with E-state index in [0.717, 1.165) is 31.5 Å². The van der Waals surface area contributed by atoms with Crippen LogP contribution in [0.2, 0.25) is 0 Å². The highest BCUT2D eigenvalue weighted by atomic mass is 19.4. The van der Waals surface area contributed by atoms with Crippen LogP contribution in [-0.4, -0.2) is 26.0 Å². The van der Waals surface area contributed by atoms with Crippen molar-refractivity contribution in [1.82, 2.24) is 5.32 Å². The van der Waals surface area contributed by atoms with Crippen LogP contribution < -0.4 is 10.1 Å². The van der Waals surface area contributed by atoms with Gasteiger partial charge in [-0.1, -0.05) is 0 Å². The maximum Gasteiger partial charge on any atom is 0.416 e. The fourth-order valence-electron chi connectivity index (χ4n) is 2.37. The van der Waals surface area contributed by atoms with Crippen molar-refractivity contribution in [1.29, 1.82) is 0 Å². The van der Waals surface area contributed by atoms with E-state index >= 15 is 0 Å². The molecular formula is C14H16F3NO2. The van der Waals surface area contributed by atoms with Gasteiger partial charge < -0.3 is 10.1 Å². The van der Waals surface area contributed by atoms with E-state index in [0.29, 0.717) is 6.54 Å². The predicted molar refractivity (Wildman–Crippen MR) is 67.9 cm³/mol. The predicted octanol–water partition coefficient (Wildman–Crippen LogP) is 2.90. The van der Waals surface area contributed by atoms with Crippen molar-refractivity contribution in [2.75, 3.05) is 20.2 Å². The number of ether oxygens (including phenoxy) is 1. The summed E-state index contributed by atoms with van der Waals surface area (Å²) in [6.07, 6.45) is -2.81. The summed E-state index contributed by atoms with van der Waals surface area (Å²) < 4.78 is 42.9. The summed E-state index contributed by atoms with van der Waals surface area (Å²) in [4.78, 5) is 12.3. The second kappa shape index (κ2) is 5.83. The van der Waals surface area contributed by atoms with Crippen LogP contribution in [0.5, 0.6) is 5.75 Å². The largest absolute Gasteiger partial charge is 0.496 e. The van der Waals surface area contributed by atoms with Gasteiger partial charge in [0, 0.05) is 12.5 Å². The van der Waals surface area contributed by atoms with Gasteiger partial charge in [0.1, 0.15) is 5.75 Å². The van der Waals surface area contributed by atoms with Crippen LogP contribution in [0.3, 0.4) is 0 Å². The Kier molecular flexibility index (Phi) is 4.32. The van der Waals surface area contributed by atoms with Gasteiger partial charge in [0.2, 0.25) is 0 Å². The van der Waals surface area contributed by atoms with Crippen molar-refractivity contribution in [2.45, 2.75) is 19.0 Å². The summed E-state index contributed by atoms with van der Waals surface area (Å²) in [6, 6.07) is 3.01. The number of carbonyl (C=O) groups is 1. The van der Waals surface area contributed by atoms with E-state index in [1.165, 1.54) is 13.2 Å². The molecule has 0 aromatic heterocycles. The lowest BCUT2D eigenvalue weighted by atomic mass is 9.90. The third-order valence-corrected chi connectivity index (χ3v) is 3.46. The molecule has 0 aliphatic carbocycles. The monoisotopic (exact) mass is 287 g/mol. The van der Waals surface area contributed by atoms with Crippen molar-refractivity contribution in [3.05, 3.63) is 29.3 Å². The zero-order valence-electron chi connectivity index (χ0n) is 11.1. The maximum atomic E-state index is 12.6. The van der Waals surface area contributed by atoms with E-state index in [9.17, 15) is 18.0 Å². The molecule has 1 heterocycles. The molecule has 1 saturated heterocycles. The molecule has 0 bridgehead atoms. The van der Waals surface area contributed by atoms with Crippen LogP contribution >= 0.6 is 0 Å². The van der Waals surface area contributed by atoms with Crippen LogP contribution in [0, 0.1) is 5.92 Å². The number of ketones is 1. The number of methoxy groups -OCH3 is 1. The Morgan fingerprint density at radius 1 is 1.40 bits per heavy atom. The van der Waals surface area contributed by atoms with Gasteiger partial charge in [-0.25, -0.2) is 0 Å². The average molecular weight is 287 g/mol. The molecule has 1 atom stereocenters. The van der Waals surface area contributed by atoms with Gasteiger partial charge in [0.15, 0.2) is 5.78 Å². The number of carbonyl (C=O) groups excluding carboxylic acids is 1. The minimum absolute atomic E-state index is 0.0181. The minimum atomic E-state index is -4.44. The lowest BCUT2D eigenvalue weighted by Crippen LogP contribution is -2.34. The molecular weight excluding hydrogens is 271 g/mol. The number of alkyl halides is 3. The first kappa shape index (κ1) is 14.8. The normalized spacial score (nSPS) is 19.7. The number of hydrogen-bond acceptors (Lipinski definition) is 3. The van der Waals surface area contributed by atoms with Crippen molar-refractivity contribution in [2.24, 2.45) is 5.92 Å². The second-order valence-electron chi connectivity index (χ2n) is 4.82. The third-order valence-electron chi connectivity index (χ3n) is 3.46. The summed E-state index contributed by atoms with van der Waals surface area (Å²) in [6.45, 7) is 1.43. The fraction of sp³-hybridized carbons (Fsp3) is 0.500. The molecule has 1 aromatic carbocycles. The van der Waals surface area contributed by atoms with Crippen LogP contribution in [0.15, 0.2) is 18.2 Å². The van der Waals surface area contributed by atoms with Crippen LogP contribution in [0.1, 0.15) is 28.8 Å². The topological polar surface area (TPSA) is 38.3 Å². The van der Waals surface area contributed by atoms with Gasteiger partial charge in [-0.2, -0.15) is 13.2 Å². The Bertz CT molecular complexity index is 494. The molecule has 1 unspecified atom stereocenters. The Morgan fingerprint density at radius 2 is 2.15 bits per heavy atom. The molecule has 0 saturated carbocycles. The third kappa shape index (κ3) is 3.12. The van der Waals surface area contributed by atoms with E-state index in [4.69, 9.17) is 4.74 Å². The zero-order chi connectivity index (χ0) is 14.8. The minimum Gasteiger partial charge on any atom is -0.496 e. The second-order valence-corrected chi connectivity index (χ2v) is 4.82. The van der Waals surface area contributed by atoms with Gasteiger partial charge in [-0.3, -0.25) is 4.79 Å². The number of hydrogen-bond donors (Lipinski definition) is 1. The Hall–Kier alpha value is -1.56. The van der Waals surface area contributed by atoms with Crippen LogP contribution in [-0.2, 0) is 6.18 Å². The molecule has 1 aliphatic heterocycles. The summed E-state index contributed by atoms with van der Waals surface area (Å²) in [7, 11) is 1.27. The number of rotatable bonds is 3. The number of piperidine rings is 1. The van der Waals surface area contributed by atoms with Gasteiger partial charge >= 0.3 is 6.18 Å². The summed E-state index contributed by atoms with van der Waals surface area (Å²) in [5, 5.41) is 3.12. The molecule has 2 rings (SSSR count). The molecule has 110 valence electrons. The fourth-order valence-corrected chi connectivity index (χ4v) is 2.37. The molecule has 1 fully saturated rings. The van der Waals surface area contributed by atoms with E-state index < -0.39 is 11.7 Å². The van der Waals surface area contributed by atoms with Gasteiger partial charge in [0.05, 0.1) is 18.2 Å². The number of benzene rings is 1. The highest BCUT2D eigenvalue weighted by Gasteiger charge is 2.32. The molecule has 3 nitrogen and oxygen atoms in total. The van der Waals surface area contributed by atoms with Crippen LogP contribution in [0.4, 0.5) is 13.2 Å². The van der Waals surface area contributed by atoms with E-state index in [-0.39, 0.29) is 23.0 Å². The van der Waals surface area contributed by atoms with Crippen LogP contribution in [0.25, 0.3) is 0 Å². The quantitative estimate of drug-likeness (QED) is 0.869. The van der Waals surface area contributed by atoms with Gasteiger partial charge in [-0.15, -0.1) is 0 Å². The zero-order valence-corrected chi connectivity index (χ0v) is 11.1. The first-order valence-corrected chi connectivity index (χ1v) is 6.43. The summed E-state index contributed by atoms with van der Waals surface area (Å²) >= 11 is 0. The average Bonchev–Trinajstić information content (AvgIpc) is 2.45. The molecule has 0 spiro atoms. The summed E-state index contributed by atoms with van der Waals surface area (Å²) in [5.74, 6) is -0.382. The standard InChI is InChI=1S/C14H16F3NO2/c1-20-12-7-10(14(15,16)17)4-5-11(12)13(19)9-3-2-6-18-8-9/h4-5,7,9,18H,2-3,6,8H2,1H3. The van der Waals surface area contributed by atoms with Gasteiger partial charge in [0.25, 0.3) is 0 Å². The lowest BCUT2D eigenvalue weighted by Gasteiger charge is -2.22. The summed E-state index contributed by atoms with van der Waals surface area (Å²) in [5.41, 5.74) is -0.595. The Balaban J connectivity index is 2.29. The first-order chi connectivity index (χ1) is 9.43. The van der Waals surface area contributed by atoms with Crippen molar-refractivity contribution in [3.63, 3.8) is 0 Å². The molecule has 1 aliphatic rings. The maximum absolute atomic E-state index is 12.6. The molecule has 0 amide bonds. The van der Waals surface area contributed by atoms with Crippen molar-refractivity contribution < 1.29 is 22.7 Å². The van der Waals surface area contributed by atoms with Crippen molar-refractivity contribution >= 4 is 5.78 Å². The molecule has 6 heteroatoms. The Labute approximate surface area is 115 Å². The van der Waals surface area contributed by atoms with E-state index in [2.05, 4.69) is 5.32 Å². The lowest BCUT2D eigenvalue weighted by molar-refractivity contribution is -0.137. The highest BCUT2D eigenvalue weighted by Crippen LogP contribution is 2.34. The SMILES string of the molecule is COc1cc(C(F)(F)F)ccc1C(=O)C1CCCNC1. The smallest absolute Gasteiger partial charge is 0.416 e.